The maximum atomic E-state index is 12.9. The van der Waals surface area contributed by atoms with Crippen LogP contribution in [0.15, 0.2) is 47.8 Å². The molecule has 1 heterocycles. The van der Waals surface area contributed by atoms with Gasteiger partial charge in [-0.2, -0.15) is 0 Å². The molecule has 27 heavy (non-hydrogen) atoms. The molecule has 2 N–H and O–H groups in total. The Morgan fingerprint density at radius 2 is 1.67 bits per heavy atom. The third kappa shape index (κ3) is 3.57. The summed E-state index contributed by atoms with van der Waals surface area (Å²) in [7, 11) is 0. The average Bonchev–Trinajstić information content (AvgIpc) is 3.15. The molecule has 0 unspecified atom stereocenters. The van der Waals surface area contributed by atoms with Gasteiger partial charge in [0.15, 0.2) is 0 Å². The highest BCUT2D eigenvalue weighted by Gasteiger charge is 2.51. The quantitative estimate of drug-likeness (QED) is 0.774. The van der Waals surface area contributed by atoms with E-state index in [0.29, 0.717) is 6.54 Å². The molecule has 1 atom stereocenters. The van der Waals surface area contributed by atoms with E-state index in [-0.39, 0.29) is 17.5 Å². The van der Waals surface area contributed by atoms with Crippen LogP contribution in [0.5, 0.6) is 0 Å². The van der Waals surface area contributed by atoms with Crippen LogP contribution in [0.25, 0.3) is 0 Å². The molecule has 4 fully saturated rings. The van der Waals surface area contributed by atoms with Crippen molar-refractivity contribution in [2.24, 2.45) is 17.8 Å². The summed E-state index contributed by atoms with van der Waals surface area (Å²) in [5.74, 6) is 2.72. The van der Waals surface area contributed by atoms with E-state index in [4.69, 9.17) is 0 Å². The SMILES string of the molecule is O=C(CN[C@@H](c1ccccc1)c1cccs1)NC12CC3CC(CC(C3)C1)C2. The average molecular weight is 381 g/mol. The van der Waals surface area contributed by atoms with Gasteiger partial charge in [0.25, 0.3) is 0 Å². The van der Waals surface area contributed by atoms with Crippen molar-refractivity contribution in [3.8, 4) is 0 Å². The standard InChI is InChI=1S/C23H28N2OS/c26-21(25-23-12-16-9-17(13-23)11-18(10-16)14-23)15-24-22(20-7-4-8-27-20)19-5-2-1-3-6-19/h1-8,16-18,22,24H,9-15H2,(H,25,26)/t16?,17?,18?,22-,23?/m0/s1. The van der Waals surface area contributed by atoms with E-state index in [2.05, 4.69) is 52.4 Å². The first kappa shape index (κ1) is 17.4. The summed E-state index contributed by atoms with van der Waals surface area (Å²) < 4.78 is 0. The molecule has 4 bridgehead atoms. The van der Waals surface area contributed by atoms with Crippen molar-refractivity contribution in [2.45, 2.75) is 50.1 Å². The third-order valence-electron chi connectivity index (χ3n) is 6.87. The summed E-state index contributed by atoms with van der Waals surface area (Å²) in [4.78, 5) is 14.1. The minimum Gasteiger partial charge on any atom is -0.350 e. The maximum absolute atomic E-state index is 12.9. The van der Waals surface area contributed by atoms with Crippen molar-refractivity contribution in [1.29, 1.82) is 0 Å². The molecule has 1 aromatic heterocycles. The number of hydrogen-bond donors (Lipinski definition) is 2. The van der Waals surface area contributed by atoms with E-state index < -0.39 is 0 Å². The minimum absolute atomic E-state index is 0.0771. The number of thiophene rings is 1. The van der Waals surface area contributed by atoms with Crippen molar-refractivity contribution in [3.05, 3.63) is 58.3 Å². The number of hydrogen-bond acceptors (Lipinski definition) is 3. The summed E-state index contributed by atoms with van der Waals surface area (Å²) in [6.45, 7) is 0.374. The van der Waals surface area contributed by atoms with Crippen LogP contribution in [0.3, 0.4) is 0 Å². The van der Waals surface area contributed by atoms with Crippen LogP contribution < -0.4 is 10.6 Å². The summed E-state index contributed by atoms with van der Waals surface area (Å²) in [6, 6.07) is 14.7. The molecule has 0 radical (unpaired) electrons. The van der Waals surface area contributed by atoms with Crippen LogP contribution in [-0.2, 0) is 4.79 Å². The van der Waals surface area contributed by atoms with E-state index >= 15 is 0 Å². The van der Waals surface area contributed by atoms with Gasteiger partial charge in [-0.15, -0.1) is 11.3 Å². The van der Waals surface area contributed by atoms with Crippen LogP contribution in [0.2, 0.25) is 0 Å². The van der Waals surface area contributed by atoms with Crippen LogP contribution >= 0.6 is 11.3 Å². The Labute approximate surface area is 165 Å². The van der Waals surface area contributed by atoms with E-state index in [9.17, 15) is 4.79 Å². The molecule has 4 saturated carbocycles. The normalized spacial score (nSPS) is 32.4. The second kappa shape index (κ2) is 7.06. The van der Waals surface area contributed by atoms with Crippen molar-refractivity contribution < 1.29 is 4.79 Å². The smallest absolute Gasteiger partial charge is 0.234 e. The zero-order valence-electron chi connectivity index (χ0n) is 15.7. The lowest BCUT2D eigenvalue weighted by Crippen LogP contribution is -2.60. The van der Waals surface area contributed by atoms with E-state index in [1.54, 1.807) is 11.3 Å². The van der Waals surface area contributed by atoms with Gasteiger partial charge in [-0.05, 0) is 73.3 Å². The second-order valence-electron chi connectivity index (χ2n) is 8.99. The van der Waals surface area contributed by atoms with Crippen molar-refractivity contribution in [1.82, 2.24) is 10.6 Å². The molecule has 1 amide bonds. The molecule has 1 aromatic carbocycles. The van der Waals surface area contributed by atoms with Gasteiger partial charge >= 0.3 is 0 Å². The highest BCUT2D eigenvalue weighted by atomic mass is 32.1. The Balaban J connectivity index is 1.25. The fourth-order valence-electron chi connectivity index (χ4n) is 6.28. The third-order valence-corrected chi connectivity index (χ3v) is 7.81. The predicted molar refractivity (Wildman–Crippen MR) is 110 cm³/mol. The molecule has 142 valence electrons. The summed E-state index contributed by atoms with van der Waals surface area (Å²) in [5, 5.41) is 9.10. The van der Waals surface area contributed by atoms with E-state index in [1.165, 1.54) is 49.0 Å². The zero-order chi connectivity index (χ0) is 18.3. The van der Waals surface area contributed by atoms with Crippen LogP contribution in [0, 0.1) is 17.8 Å². The monoisotopic (exact) mass is 380 g/mol. The Bertz CT molecular complexity index is 751. The number of amides is 1. The fraction of sp³-hybridized carbons (Fsp3) is 0.522. The molecular formula is C23H28N2OS. The van der Waals surface area contributed by atoms with Gasteiger partial charge in [-0.25, -0.2) is 0 Å². The molecule has 0 saturated heterocycles. The van der Waals surface area contributed by atoms with Gasteiger partial charge in [0.1, 0.15) is 0 Å². The number of benzene rings is 1. The highest BCUT2D eigenvalue weighted by molar-refractivity contribution is 7.10. The first-order valence-electron chi connectivity index (χ1n) is 10.3. The van der Waals surface area contributed by atoms with Crippen LogP contribution in [0.1, 0.15) is 55.0 Å². The van der Waals surface area contributed by atoms with Gasteiger partial charge in [-0.1, -0.05) is 36.4 Å². The Hall–Kier alpha value is -1.65. The zero-order valence-corrected chi connectivity index (χ0v) is 16.5. The molecule has 4 aliphatic carbocycles. The Morgan fingerprint density at radius 3 is 2.26 bits per heavy atom. The highest BCUT2D eigenvalue weighted by Crippen LogP contribution is 2.55. The summed E-state index contributed by atoms with van der Waals surface area (Å²) in [6.07, 6.45) is 7.83. The number of rotatable bonds is 6. The van der Waals surface area contributed by atoms with Gasteiger partial charge in [0, 0.05) is 10.4 Å². The first-order chi connectivity index (χ1) is 13.2. The molecule has 6 rings (SSSR count). The molecule has 3 nitrogen and oxygen atoms in total. The molecule has 2 aromatic rings. The van der Waals surface area contributed by atoms with Crippen molar-refractivity contribution in [3.63, 3.8) is 0 Å². The molecule has 0 aliphatic heterocycles. The Kier molecular flexibility index (Phi) is 4.57. The maximum Gasteiger partial charge on any atom is 0.234 e. The van der Waals surface area contributed by atoms with Gasteiger partial charge < -0.3 is 5.32 Å². The second-order valence-corrected chi connectivity index (χ2v) is 9.97. The summed E-state index contributed by atoms with van der Waals surface area (Å²) in [5.41, 5.74) is 1.31. The molecule has 4 heteroatoms. The topological polar surface area (TPSA) is 41.1 Å². The van der Waals surface area contributed by atoms with Crippen molar-refractivity contribution >= 4 is 17.2 Å². The number of nitrogens with one attached hydrogen (secondary N) is 2. The lowest BCUT2D eigenvalue weighted by atomic mass is 9.53. The van der Waals surface area contributed by atoms with E-state index in [0.717, 1.165) is 17.8 Å². The van der Waals surface area contributed by atoms with Crippen LogP contribution in [-0.4, -0.2) is 18.0 Å². The Morgan fingerprint density at radius 1 is 1.00 bits per heavy atom. The van der Waals surface area contributed by atoms with Crippen molar-refractivity contribution in [2.75, 3.05) is 6.54 Å². The lowest BCUT2D eigenvalue weighted by Gasteiger charge is -2.56. The lowest BCUT2D eigenvalue weighted by molar-refractivity contribution is -0.126. The molecule has 0 spiro atoms. The molecular weight excluding hydrogens is 352 g/mol. The fourth-order valence-corrected chi connectivity index (χ4v) is 7.11. The number of carbonyl (C=O) groups excluding carboxylic acids is 1. The van der Waals surface area contributed by atoms with Gasteiger partial charge in [0.2, 0.25) is 5.91 Å². The summed E-state index contributed by atoms with van der Waals surface area (Å²) >= 11 is 1.74. The first-order valence-corrected chi connectivity index (χ1v) is 11.2. The largest absolute Gasteiger partial charge is 0.350 e. The predicted octanol–water partition coefficient (Wildman–Crippen LogP) is 4.51. The van der Waals surface area contributed by atoms with Crippen LogP contribution in [0.4, 0.5) is 0 Å². The number of carbonyl (C=O) groups is 1. The minimum atomic E-state index is 0.0771. The van der Waals surface area contributed by atoms with E-state index in [1.807, 2.05) is 6.07 Å². The van der Waals surface area contributed by atoms with Gasteiger partial charge in [0.05, 0.1) is 12.6 Å². The molecule has 4 aliphatic rings. The van der Waals surface area contributed by atoms with Gasteiger partial charge in [-0.3, -0.25) is 10.1 Å².